The molecule has 1 heterocycles. The Kier molecular flexibility index (Phi) is 5.96. The number of carbonyl (C=O) groups is 1. The van der Waals surface area contributed by atoms with Crippen molar-refractivity contribution in [2.75, 3.05) is 18.4 Å². The van der Waals surface area contributed by atoms with Gasteiger partial charge in [0.05, 0.1) is 10.7 Å². The van der Waals surface area contributed by atoms with Gasteiger partial charge in [-0.15, -0.1) is 0 Å². The molecule has 1 aromatic carbocycles. The van der Waals surface area contributed by atoms with Gasteiger partial charge >= 0.3 is 0 Å². The second-order valence-electron chi connectivity index (χ2n) is 5.23. The number of hydrogen-bond donors (Lipinski definition) is 1. The summed E-state index contributed by atoms with van der Waals surface area (Å²) < 4.78 is 1.09. The Balaban J connectivity index is 1.99. The fourth-order valence-electron chi connectivity index (χ4n) is 2.47. The molecular weight excluding hydrogens is 387 g/mol. The van der Waals surface area contributed by atoms with Gasteiger partial charge in [-0.05, 0) is 60.6 Å². The number of likely N-dealkylation sites (tertiary alicyclic amines) is 1. The molecule has 1 atom stereocenters. The van der Waals surface area contributed by atoms with Crippen LogP contribution in [-0.2, 0) is 4.79 Å². The smallest absolute Gasteiger partial charge is 0.244 e. The number of nitrogens with zero attached hydrogens (tertiary/aromatic N) is 1. The molecule has 1 fully saturated rings. The predicted molar refractivity (Wildman–Crippen MR) is 92.3 cm³/mol. The average Bonchev–Trinajstić information content (AvgIpc) is 2.70. The van der Waals surface area contributed by atoms with Crippen LogP contribution in [0.15, 0.2) is 18.2 Å². The highest BCUT2D eigenvalue weighted by molar-refractivity contribution is 14.1. The monoisotopic (exact) mass is 406 g/mol. The normalized spacial score (nSPS) is 17.4. The van der Waals surface area contributed by atoms with Crippen molar-refractivity contribution in [3.05, 3.63) is 26.8 Å². The summed E-state index contributed by atoms with van der Waals surface area (Å²) in [5, 5.41) is 3.89. The minimum Gasteiger partial charge on any atom is -0.373 e. The molecule has 2 rings (SSSR count). The molecule has 1 aliphatic rings. The Labute approximate surface area is 139 Å². The number of anilines is 1. The molecule has 0 bridgehead atoms. The third kappa shape index (κ3) is 4.25. The van der Waals surface area contributed by atoms with Crippen molar-refractivity contribution in [2.45, 2.75) is 38.6 Å². The van der Waals surface area contributed by atoms with Crippen molar-refractivity contribution >= 4 is 45.8 Å². The average molecular weight is 407 g/mol. The Hall–Kier alpha value is -0.490. The van der Waals surface area contributed by atoms with Crippen LogP contribution in [0.25, 0.3) is 0 Å². The third-order valence-corrected chi connectivity index (χ3v) is 4.58. The quantitative estimate of drug-likeness (QED) is 0.765. The second kappa shape index (κ2) is 7.50. The number of benzene rings is 1. The highest BCUT2D eigenvalue weighted by Gasteiger charge is 2.21. The van der Waals surface area contributed by atoms with Crippen LogP contribution in [0.1, 0.15) is 32.6 Å². The van der Waals surface area contributed by atoms with E-state index in [2.05, 4.69) is 27.9 Å². The minimum atomic E-state index is -0.245. The number of halogens is 2. The zero-order chi connectivity index (χ0) is 14.5. The molecule has 110 valence electrons. The largest absolute Gasteiger partial charge is 0.373 e. The van der Waals surface area contributed by atoms with Crippen LogP contribution in [0, 0.1) is 3.57 Å². The summed E-state index contributed by atoms with van der Waals surface area (Å²) in [6.07, 6.45) is 4.69. The lowest BCUT2D eigenvalue weighted by molar-refractivity contribution is -0.131. The van der Waals surface area contributed by atoms with E-state index in [1.54, 1.807) is 0 Å². The molecule has 0 saturated carbocycles. The molecule has 1 unspecified atom stereocenters. The standard InChI is InChI=1S/C15H20ClIN2O/c1-11(15(20)19-8-4-2-3-5-9-19)18-14-7-6-12(17)10-13(14)16/h6-7,10-11,18H,2-5,8-9H2,1H3. The van der Waals surface area contributed by atoms with Crippen LogP contribution >= 0.6 is 34.2 Å². The fourth-order valence-corrected chi connectivity index (χ4v) is 3.38. The van der Waals surface area contributed by atoms with Gasteiger partial charge in [0.15, 0.2) is 0 Å². The van der Waals surface area contributed by atoms with Crippen molar-refractivity contribution in [3.8, 4) is 0 Å². The molecule has 1 aromatic rings. The summed E-state index contributed by atoms with van der Waals surface area (Å²) in [5.41, 5.74) is 0.822. The van der Waals surface area contributed by atoms with Crippen LogP contribution in [0.4, 0.5) is 5.69 Å². The van der Waals surface area contributed by atoms with Gasteiger partial charge in [-0.1, -0.05) is 24.4 Å². The topological polar surface area (TPSA) is 32.3 Å². The number of carbonyl (C=O) groups excluding carboxylic acids is 1. The molecule has 0 radical (unpaired) electrons. The van der Waals surface area contributed by atoms with Crippen LogP contribution < -0.4 is 5.32 Å². The zero-order valence-electron chi connectivity index (χ0n) is 11.7. The maximum absolute atomic E-state index is 12.5. The lowest BCUT2D eigenvalue weighted by Crippen LogP contribution is -2.41. The Bertz CT molecular complexity index is 473. The highest BCUT2D eigenvalue weighted by atomic mass is 127. The van der Waals surface area contributed by atoms with Crippen LogP contribution in [-0.4, -0.2) is 29.9 Å². The minimum absolute atomic E-state index is 0.168. The van der Waals surface area contributed by atoms with Crippen molar-refractivity contribution in [2.24, 2.45) is 0 Å². The first kappa shape index (κ1) is 15.9. The van der Waals surface area contributed by atoms with Crippen LogP contribution in [0.3, 0.4) is 0 Å². The molecule has 1 aliphatic heterocycles. The van der Waals surface area contributed by atoms with E-state index in [9.17, 15) is 4.79 Å². The first-order valence-corrected chi connectivity index (χ1v) is 8.54. The first-order valence-electron chi connectivity index (χ1n) is 7.08. The van der Waals surface area contributed by atoms with Gasteiger partial charge in [0.2, 0.25) is 5.91 Å². The molecule has 20 heavy (non-hydrogen) atoms. The summed E-state index contributed by atoms with van der Waals surface area (Å²) >= 11 is 8.42. The summed E-state index contributed by atoms with van der Waals surface area (Å²) in [6.45, 7) is 3.66. The molecule has 0 aromatic heterocycles. The van der Waals surface area contributed by atoms with E-state index in [0.29, 0.717) is 5.02 Å². The third-order valence-electron chi connectivity index (χ3n) is 3.59. The van der Waals surface area contributed by atoms with E-state index in [1.807, 2.05) is 30.0 Å². The molecule has 0 aliphatic carbocycles. The summed E-state index contributed by atoms with van der Waals surface area (Å²) in [7, 11) is 0. The zero-order valence-corrected chi connectivity index (χ0v) is 14.6. The van der Waals surface area contributed by atoms with E-state index in [4.69, 9.17) is 11.6 Å². The molecule has 1 amide bonds. The van der Waals surface area contributed by atoms with E-state index < -0.39 is 0 Å². The molecule has 5 heteroatoms. The second-order valence-corrected chi connectivity index (χ2v) is 6.88. The number of hydrogen-bond acceptors (Lipinski definition) is 2. The van der Waals surface area contributed by atoms with Crippen molar-refractivity contribution < 1.29 is 4.79 Å². The van der Waals surface area contributed by atoms with Crippen molar-refractivity contribution in [3.63, 3.8) is 0 Å². The van der Waals surface area contributed by atoms with Gasteiger partial charge in [0.1, 0.15) is 6.04 Å². The van der Waals surface area contributed by atoms with Gasteiger partial charge in [0, 0.05) is 16.7 Å². The van der Waals surface area contributed by atoms with Crippen molar-refractivity contribution in [1.82, 2.24) is 4.90 Å². The maximum atomic E-state index is 12.5. The van der Waals surface area contributed by atoms with Gasteiger partial charge < -0.3 is 10.2 Å². The highest BCUT2D eigenvalue weighted by Crippen LogP contribution is 2.24. The molecular formula is C15H20ClIN2O. The fraction of sp³-hybridized carbons (Fsp3) is 0.533. The van der Waals surface area contributed by atoms with Gasteiger partial charge in [-0.2, -0.15) is 0 Å². The Morgan fingerprint density at radius 2 is 1.95 bits per heavy atom. The number of amides is 1. The molecule has 1 N–H and O–H groups in total. The molecule has 3 nitrogen and oxygen atoms in total. The Morgan fingerprint density at radius 3 is 2.55 bits per heavy atom. The predicted octanol–water partition coefficient (Wildman–Crippen LogP) is 4.15. The molecule has 0 spiro atoms. The summed E-state index contributed by atoms with van der Waals surface area (Å²) in [5.74, 6) is 0.168. The lowest BCUT2D eigenvalue weighted by Gasteiger charge is -2.25. The van der Waals surface area contributed by atoms with E-state index in [1.165, 1.54) is 12.8 Å². The van der Waals surface area contributed by atoms with Crippen LogP contribution in [0.2, 0.25) is 5.02 Å². The SMILES string of the molecule is CC(Nc1ccc(I)cc1Cl)C(=O)N1CCCCCC1. The summed E-state index contributed by atoms with van der Waals surface area (Å²) in [4.78, 5) is 14.4. The Morgan fingerprint density at radius 1 is 1.30 bits per heavy atom. The number of rotatable bonds is 3. The first-order chi connectivity index (χ1) is 9.58. The number of nitrogens with one attached hydrogen (secondary N) is 1. The van der Waals surface area contributed by atoms with Gasteiger partial charge in [-0.3, -0.25) is 4.79 Å². The van der Waals surface area contributed by atoms with Crippen molar-refractivity contribution in [1.29, 1.82) is 0 Å². The van der Waals surface area contributed by atoms with E-state index >= 15 is 0 Å². The summed E-state index contributed by atoms with van der Waals surface area (Å²) in [6, 6.07) is 5.56. The van der Waals surface area contributed by atoms with Gasteiger partial charge in [-0.25, -0.2) is 0 Å². The van der Waals surface area contributed by atoms with E-state index in [-0.39, 0.29) is 11.9 Å². The molecule has 1 saturated heterocycles. The lowest BCUT2D eigenvalue weighted by atomic mass is 10.2. The van der Waals surface area contributed by atoms with Gasteiger partial charge in [0.25, 0.3) is 0 Å². The van der Waals surface area contributed by atoms with Crippen LogP contribution in [0.5, 0.6) is 0 Å². The van der Waals surface area contributed by atoms with E-state index in [0.717, 1.165) is 35.2 Å². The maximum Gasteiger partial charge on any atom is 0.244 e.